The lowest BCUT2D eigenvalue weighted by molar-refractivity contribution is 0.263. The molecule has 0 amide bonds. The first-order chi connectivity index (χ1) is 9.43. The average molecular weight is 293 g/mol. The van der Waals surface area contributed by atoms with Crippen molar-refractivity contribution in [1.82, 2.24) is 10.3 Å². The molecule has 1 atom stereocenters. The quantitative estimate of drug-likeness (QED) is 0.920. The summed E-state index contributed by atoms with van der Waals surface area (Å²) in [6.45, 7) is 12.6. The summed E-state index contributed by atoms with van der Waals surface area (Å²) in [6.07, 6.45) is 4.01. The van der Waals surface area contributed by atoms with E-state index in [1.807, 2.05) is 11.3 Å². The van der Waals surface area contributed by atoms with E-state index in [0.29, 0.717) is 5.41 Å². The number of aryl methyl sites for hydroxylation is 1. The van der Waals surface area contributed by atoms with Crippen molar-refractivity contribution in [2.75, 3.05) is 18.0 Å². The second-order valence-corrected chi connectivity index (χ2v) is 8.52. The van der Waals surface area contributed by atoms with Crippen LogP contribution in [0.25, 0.3) is 0 Å². The Bertz CT molecular complexity index is 471. The molecule has 0 spiro atoms. The van der Waals surface area contributed by atoms with Crippen LogP contribution in [0.2, 0.25) is 0 Å². The van der Waals surface area contributed by atoms with Gasteiger partial charge in [-0.15, -0.1) is 11.3 Å². The number of aromatic nitrogens is 1. The van der Waals surface area contributed by atoms with Crippen molar-refractivity contribution in [3.05, 3.63) is 10.6 Å². The van der Waals surface area contributed by atoms with Gasteiger partial charge in [-0.05, 0) is 37.5 Å². The van der Waals surface area contributed by atoms with E-state index in [-0.39, 0.29) is 0 Å². The zero-order valence-corrected chi connectivity index (χ0v) is 14.0. The maximum absolute atomic E-state index is 4.81. The van der Waals surface area contributed by atoms with Gasteiger partial charge in [0.25, 0.3) is 0 Å². The molecule has 0 radical (unpaired) electrons. The van der Waals surface area contributed by atoms with Crippen LogP contribution >= 0.6 is 11.3 Å². The molecule has 1 N–H and O–H groups in total. The second kappa shape index (κ2) is 5.30. The third kappa shape index (κ3) is 3.17. The van der Waals surface area contributed by atoms with E-state index in [0.717, 1.165) is 18.5 Å². The molecular weight excluding hydrogens is 266 g/mol. The first kappa shape index (κ1) is 14.3. The van der Waals surface area contributed by atoms with Gasteiger partial charge in [-0.2, -0.15) is 0 Å². The van der Waals surface area contributed by atoms with Crippen molar-refractivity contribution < 1.29 is 0 Å². The molecule has 4 heteroatoms. The minimum Gasteiger partial charge on any atom is -0.348 e. The van der Waals surface area contributed by atoms with Crippen LogP contribution in [0.15, 0.2) is 0 Å². The molecule has 20 heavy (non-hydrogen) atoms. The van der Waals surface area contributed by atoms with Crippen LogP contribution in [0, 0.1) is 18.3 Å². The van der Waals surface area contributed by atoms with Gasteiger partial charge in [0, 0.05) is 30.6 Å². The van der Waals surface area contributed by atoms with E-state index < -0.39 is 0 Å². The summed E-state index contributed by atoms with van der Waals surface area (Å²) < 4.78 is 0. The number of hydrogen-bond acceptors (Lipinski definition) is 4. The highest BCUT2D eigenvalue weighted by Crippen LogP contribution is 2.37. The van der Waals surface area contributed by atoms with Crippen LogP contribution in [0.1, 0.15) is 50.6 Å². The predicted octanol–water partition coefficient (Wildman–Crippen LogP) is 3.58. The second-order valence-electron chi connectivity index (χ2n) is 7.46. The van der Waals surface area contributed by atoms with Crippen LogP contribution in [-0.2, 0) is 6.54 Å². The normalized spacial score (nSPS) is 23.6. The summed E-state index contributed by atoms with van der Waals surface area (Å²) in [5.74, 6) is 0.791. The predicted molar refractivity (Wildman–Crippen MR) is 86.5 cm³/mol. The molecule has 1 saturated carbocycles. The Morgan fingerprint density at radius 1 is 1.30 bits per heavy atom. The van der Waals surface area contributed by atoms with Crippen molar-refractivity contribution >= 4 is 16.5 Å². The molecule has 112 valence electrons. The lowest BCUT2D eigenvalue weighted by Crippen LogP contribution is -2.25. The number of anilines is 1. The third-order valence-electron chi connectivity index (χ3n) is 4.69. The number of nitrogens with one attached hydrogen (secondary N) is 1. The fourth-order valence-electron chi connectivity index (χ4n) is 2.88. The Morgan fingerprint density at radius 2 is 2.05 bits per heavy atom. The molecule has 1 aliphatic carbocycles. The molecule has 1 saturated heterocycles. The molecule has 2 heterocycles. The number of hydrogen-bond donors (Lipinski definition) is 1. The van der Waals surface area contributed by atoms with E-state index in [1.54, 1.807) is 0 Å². The molecule has 0 aromatic carbocycles. The Labute approximate surface area is 126 Å². The van der Waals surface area contributed by atoms with Gasteiger partial charge in [-0.1, -0.05) is 20.8 Å². The van der Waals surface area contributed by atoms with E-state index in [9.17, 15) is 0 Å². The van der Waals surface area contributed by atoms with Crippen molar-refractivity contribution in [2.45, 2.75) is 59.5 Å². The van der Waals surface area contributed by atoms with E-state index in [1.165, 1.54) is 48.1 Å². The molecule has 1 unspecified atom stereocenters. The fourth-order valence-corrected chi connectivity index (χ4v) is 3.92. The smallest absolute Gasteiger partial charge is 0.185 e. The van der Waals surface area contributed by atoms with Gasteiger partial charge in [0.1, 0.15) is 0 Å². The van der Waals surface area contributed by atoms with Gasteiger partial charge >= 0.3 is 0 Å². The largest absolute Gasteiger partial charge is 0.348 e. The Kier molecular flexibility index (Phi) is 3.80. The monoisotopic (exact) mass is 293 g/mol. The van der Waals surface area contributed by atoms with Crippen molar-refractivity contribution in [3.63, 3.8) is 0 Å². The Hall–Kier alpha value is -0.610. The van der Waals surface area contributed by atoms with Crippen LogP contribution in [0.3, 0.4) is 0 Å². The molecule has 1 aromatic heterocycles. The summed E-state index contributed by atoms with van der Waals surface area (Å²) in [6, 6.07) is 0.775. The number of thiazole rings is 1. The average Bonchev–Trinajstić information content (AvgIpc) is 2.91. The van der Waals surface area contributed by atoms with Crippen molar-refractivity contribution in [1.29, 1.82) is 0 Å². The molecule has 2 fully saturated rings. The van der Waals surface area contributed by atoms with E-state index in [2.05, 4.69) is 37.9 Å². The van der Waals surface area contributed by atoms with E-state index in [4.69, 9.17) is 4.98 Å². The van der Waals surface area contributed by atoms with E-state index >= 15 is 0 Å². The molecule has 3 nitrogen and oxygen atoms in total. The van der Waals surface area contributed by atoms with Gasteiger partial charge in [0.15, 0.2) is 5.13 Å². The van der Waals surface area contributed by atoms with Crippen molar-refractivity contribution in [3.8, 4) is 0 Å². The highest BCUT2D eigenvalue weighted by Gasteiger charge is 2.33. The lowest BCUT2D eigenvalue weighted by atomic mass is 9.80. The van der Waals surface area contributed by atoms with Crippen LogP contribution in [0.5, 0.6) is 0 Å². The number of rotatable bonds is 4. The van der Waals surface area contributed by atoms with Crippen LogP contribution in [0.4, 0.5) is 5.13 Å². The van der Waals surface area contributed by atoms with Crippen LogP contribution < -0.4 is 10.2 Å². The zero-order chi connectivity index (χ0) is 14.3. The van der Waals surface area contributed by atoms with Gasteiger partial charge < -0.3 is 10.2 Å². The summed E-state index contributed by atoms with van der Waals surface area (Å²) >= 11 is 1.89. The maximum Gasteiger partial charge on any atom is 0.185 e. The van der Waals surface area contributed by atoms with Gasteiger partial charge in [0.2, 0.25) is 0 Å². The summed E-state index contributed by atoms with van der Waals surface area (Å²) in [7, 11) is 0. The van der Waals surface area contributed by atoms with Gasteiger partial charge in [-0.25, -0.2) is 4.98 Å². The molecule has 0 bridgehead atoms. The Morgan fingerprint density at radius 3 is 2.65 bits per heavy atom. The zero-order valence-electron chi connectivity index (χ0n) is 13.2. The van der Waals surface area contributed by atoms with Crippen LogP contribution in [-0.4, -0.2) is 24.1 Å². The van der Waals surface area contributed by atoms with Gasteiger partial charge in [-0.3, -0.25) is 0 Å². The SMILES string of the molecule is Cc1nc(N2CCC(C(C)(C)C)C2)sc1CNC1CC1. The standard InChI is InChI=1S/C16H27N3S/c1-11-14(9-17-13-5-6-13)20-15(18-11)19-8-7-12(10-19)16(2,3)4/h12-13,17H,5-10H2,1-4H3. The molecule has 1 aromatic rings. The summed E-state index contributed by atoms with van der Waals surface area (Å²) in [5.41, 5.74) is 1.63. The summed E-state index contributed by atoms with van der Waals surface area (Å²) in [4.78, 5) is 8.73. The molecule has 2 aliphatic rings. The topological polar surface area (TPSA) is 28.2 Å². The minimum absolute atomic E-state index is 0.414. The first-order valence-corrected chi connectivity index (χ1v) is 8.70. The highest BCUT2D eigenvalue weighted by atomic mass is 32.1. The number of nitrogens with zero attached hydrogens (tertiary/aromatic N) is 2. The maximum atomic E-state index is 4.81. The summed E-state index contributed by atoms with van der Waals surface area (Å²) in [5, 5.41) is 4.84. The third-order valence-corrected chi connectivity index (χ3v) is 5.91. The highest BCUT2D eigenvalue weighted by molar-refractivity contribution is 7.15. The fraction of sp³-hybridized carbons (Fsp3) is 0.812. The molecule has 3 rings (SSSR count). The lowest BCUT2D eigenvalue weighted by Gasteiger charge is -2.26. The molecular formula is C16H27N3S. The molecule has 1 aliphatic heterocycles. The van der Waals surface area contributed by atoms with Crippen molar-refractivity contribution in [2.24, 2.45) is 11.3 Å². The first-order valence-electron chi connectivity index (χ1n) is 7.88. The van der Waals surface area contributed by atoms with Gasteiger partial charge in [0.05, 0.1) is 5.69 Å². The Balaban J connectivity index is 1.64. The minimum atomic E-state index is 0.414.